The number of hydrogen-bond donors (Lipinski definition) is 1. The summed E-state index contributed by atoms with van der Waals surface area (Å²) in [6.45, 7) is 2.35. The zero-order chi connectivity index (χ0) is 11.1. The van der Waals surface area contributed by atoms with Gasteiger partial charge in [0, 0.05) is 6.54 Å². The van der Waals surface area contributed by atoms with Crippen LogP contribution in [-0.4, -0.2) is 13.0 Å². The lowest BCUT2D eigenvalue weighted by Gasteiger charge is -2.04. The van der Waals surface area contributed by atoms with Crippen molar-refractivity contribution in [1.82, 2.24) is 5.32 Å². The van der Waals surface area contributed by atoms with Crippen LogP contribution >= 0.6 is 0 Å². The van der Waals surface area contributed by atoms with Crippen LogP contribution in [0.3, 0.4) is 0 Å². The first-order valence-corrected chi connectivity index (χ1v) is 4.79. The number of benzene rings is 1. The van der Waals surface area contributed by atoms with Gasteiger partial charge in [0.2, 0.25) is 5.91 Å². The van der Waals surface area contributed by atoms with Crippen molar-refractivity contribution in [2.45, 2.75) is 13.5 Å². The van der Waals surface area contributed by atoms with Gasteiger partial charge in [0.05, 0.1) is 7.11 Å². The highest BCUT2D eigenvalue weighted by Gasteiger charge is 1.96. The first kappa shape index (κ1) is 11.3. The fourth-order valence-corrected chi connectivity index (χ4v) is 1.14. The summed E-state index contributed by atoms with van der Waals surface area (Å²) in [5, 5.41) is 2.77. The molecular weight excluding hydrogens is 190 g/mol. The van der Waals surface area contributed by atoms with Crippen LogP contribution in [0.4, 0.5) is 0 Å². The lowest BCUT2D eigenvalue weighted by molar-refractivity contribution is -0.116. The molecule has 0 heterocycles. The van der Waals surface area contributed by atoms with Crippen LogP contribution in [-0.2, 0) is 11.3 Å². The molecule has 0 saturated heterocycles. The molecule has 1 N–H and O–H groups in total. The molecular formula is C12H15NO2. The van der Waals surface area contributed by atoms with E-state index in [0.717, 1.165) is 11.3 Å². The minimum atomic E-state index is -0.0756. The zero-order valence-corrected chi connectivity index (χ0v) is 8.99. The molecule has 0 spiro atoms. The first-order valence-electron chi connectivity index (χ1n) is 4.79. The van der Waals surface area contributed by atoms with Gasteiger partial charge in [-0.3, -0.25) is 4.79 Å². The number of ether oxygens (including phenoxy) is 1. The van der Waals surface area contributed by atoms with Gasteiger partial charge in [-0.25, -0.2) is 0 Å². The van der Waals surface area contributed by atoms with E-state index in [2.05, 4.69) is 5.32 Å². The van der Waals surface area contributed by atoms with Crippen LogP contribution in [0.25, 0.3) is 0 Å². The van der Waals surface area contributed by atoms with Crippen molar-refractivity contribution in [3.63, 3.8) is 0 Å². The maximum absolute atomic E-state index is 11.1. The van der Waals surface area contributed by atoms with Crippen LogP contribution in [0.15, 0.2) is 36.4 Å². The molecule has 1 aromatic carbocycles. The van der Waals surface area contributed by atoms with E-state index in [1.165, 1.54) is 6.08 Å². The Morgan fingerprint density at radius 3 is 2.60 bits per heavy atom. The van der Waals surface area contributed by atoms with Crippen molar-refractivity contribution >= 4 is 5.91 Å². The van der Waals surface area contributed by atoms with E-state index in [-0.39, 0.29) is 5.91 Å². The Morgan fingerprint density at radius 2 is 2.07 bits per heavy atom. The summed E-state index contributed by atoms with van der Waals surface area (Å²) < 4.78 is 5.03. The van der Waals surface area contributed by atoms with Gasteiger partial charge < -0.3 is 10.1 Å². The van der Waals surface area contributed by atoms with E-state index >= 15 is 0 Å². The molecule has 0 aliphatic heterocycles. The highest BCUT2D eigenvalue weighted by atomic mass is 16.5. The van der Waals surface area contributed by atoms with Gasteiger partial charge >= 0.3 is 0 Å². The predicted octanol–water partition coefficient (Wildman–Crippen LogP) is 1.89. The van der Waals surface area contributed by atoms with Crippen molar-refractivity contribution in [2.75, 3.05) is 7.11 Å². The third kappa shape index (κ3) is 3.85. The average molecular weight is 205 g/mol. The second kappa shape index (κ2) is 5.86. The van der Waals surface area contributed by atoms with E-state index in [0.29, 0.717) is 6.54 Å². The summed E-state index contributed by atoms with van der Waals surface area (Å²) in [4.78, 5) is 11.1. The van der Waals surface area contributed by atoms with Crippen LogP contribution in [0, 0.1) is 0 Å². The SMILES string of the molecule is C/C=C/C(=O)NCc1ccc(OC)cc1. The summed E-state index contributed by atoms with van der Waals surface area (Å²) >= 11 is 0. The Morgan fingerprint density at radius 1 is 1.40 bits per heavy atom. The highest BCUT2D eigenvalue weighted by molar-refractivity contribution is 5.87. The van der Waals surface area contributed by atoms with Crippen molar-refractivity contribution in [2.24, 2.45) is 0 Å². The van der Waals surface area contributed by atoms with Gasteiger partial charge in [-0.1, -0.05) is 18.2 Å². The van der Waals surface area contributed by atoms with Crippen molar-refractivity contribution in [3.05, 3.63) is 42.0 Å². The molecule has 0 aromatic heterocycles. The molecule has 0 bridgehead atoms. The number of hydrogen-bond acceptors (Lipinski definition) is 2. The molecule has 3 nitrogen and oxygen atoms in total. The molecule has 0 atom stereocenters. The Balaban J connectivity index is 2.47. The van der Waals surface area contributed by atoms with Crippen LogP contribution in [0.5, 0.6) is 5.75 Å². The number of rotatable bonds is 4. The second-order valence-corrected chi connectivity index (χ2v) is 3.07. The largest absolute Gasteiger partial charge is 0.497 e. The number of carbonyl (C=O) groups excluding carboxylic acids is 1. The smallest absolute Gasteiger partial charge is 0.243 e. The lowest BCUT2D eigenvalue weighted by Crippen LogP contribution is -2.20. The van der Waals surface area contributed by atoms with Gasteiger partial charge in [0.25, 0.3) is 0 Å². The number of methoxy groups -OCH3 is 1. The van der Waals surface area contributed by atoms with E-state index < -0.39 is 0 Å². The third-order valence-corrected chi connectivity index (χ3v) is 1.94. The maximum atomic E-state index is 11.1. The van der Waals surface area contributed by atoms with Gasteiger partial charge in [-0.15, -0.1) is 0 Å². The normalized spacial score (nSPS) is 10.3. The predicted molar refractivity (Wildman–Crippen MR) is 59.7 cm³/mol. The topological polar surface area (TPSA) is 38.3 Å². The first-order chi connectivity index (χ1) is 7.26. The second-order valence-electron chi connectivity index (χ2n) is 3.07. The molecule has 15 heavy (non-hydrogen) atoms. The average Bonchev–Trinajstić information content (AvgIpc) is 2.27. The Labute approximate surface area is 89.8 Å². The highest BCUT2D eigenvalue weighted by Crippen LogP contribution is 2.10. The number of allylic oxidation sites excluding steroid dienone is 1. The fourth-order valence-electron chi connectivity index (χ4n) is 1.14. The van der Waals surface area contributed by atoms with Crippen molar-refractivity contribution < 1.29 is 9.53 Å². The Kier molecular flexibility index (Phi) is 4.41. The summed E-state index contributed by atoms with van der Waals surface area (Å²) in [5.74, 6) is 0.742. The monoisotopic (exact) mass is 205 g/mol. The van der Waals surface area contributed by atoms with Gasteiger partial charge in [0.15, 0.2) is 0 Å². The molecule has 0 fully saturated rings. The molecule has 1 rings (SSSR count). The molecule has 0 unspecified atom stereocenters. The summed E-state index contributed by atoms with van der Waals surface area (Å²) in [5.41, 5.74) is 1.05. The van der Waals surface area contributed by atoms with E-state index in [1.54, 1.807) is 13.2 Å². The van der Waals surface area contributed by atoms with Crippen LogP contribution in [0.2, 0.25) is 0 Å². The Bertz CT molecular complexity index is 341. The number of amides is 1. The fraction of sp³-hybridized carbons (Fsp3) is 0.250. The standard InChI is InChI=1S/C12H15NO2/c1-3-4-12(14)13-9-10-5-7-11(15-2)8-6-10/h3-8H,9H2,1-2H3,(H,13,14)/b4-3+. The van der Waals surface area contributed by atoms with E-state index in [1.807, 2.05) is 31.2 Å². The molecule has 1 aromatic rings. The number of nitrogens with one attached hydrogen (secondary N) is 1. The van der Waals surface area contributed by atoms with Crippen LogP contribution < -0.4 is 10.1 Å². The summed E-state index contributed by atoms with van der Waals surface area (Å²) in [6.07, 6.45) is 3.22. The molecule has 3 heteroatoms. The Hall–Kier alpha value is -1.77. The summed E-state index contributed by atoms with van der Waals surface area (Å²) in [6, 6.07) is 7.60. The quantitative estimate of drug-likeness (QED) is 0.762. The molecule has 0 aliphatic rings. The minimum absolute atomic E-state index is 0.0756. The van der Waals surface area contributed by atoms with Crippen LogP contribution in [0.1, 0.15) is 12.5 Å². The van der Waals surface area contributed by atoms with E-state index in [9.17, 15) is 4.79 Å². The minimum Gasteiger partial charge on any atom is -0.497 e. The summed E-state index contributed by atoms with van der Waals surface area (Å²) in [7, 11) is 1.63. The third-order valence-electron chi connectivity index (χ3n) is 1.94. The van der Waals surface area contributed by atoms with Crippen molar-refractivity contribution in [1.29, 1.82) is 0 Å². The molecule has 0 radical (unpaired) electrons. The lowest BCUT2D eigenvalue weighted by atomic mass is 10.2. The number of carbonyl (C=O) groups is 1. The van der Waals surface area contributed by atoms with Gasteiger partial charge in [-0.2, -0.15) is 0 Å². The van der Waals surface area contributed by atoms with Gasteiger partial charge in [-0.05, 0) is 30.7 Å². The molecule has 1 amide bonds. The van der Waals surface area contributed by atoms with Gasteiger partial charge in [0.1, 0.15) is 5.75 Å². The molecule has 0 saturated carbocycles. The molecule has 80 valence electrons. The molecule has 0 aliphatic carbocycles. The zero-order valence-electron chi connectivity index (χ0n) is 8.99. The van der Waals surface area contributed by atoms with Crippen molar-refractivity contribution in [3.8, 4) is 5.75 Å². The van der Waals surface area contributed by atoms with E-state index in [4.69, 9.17) is 4.74 Å². The maximum Gasteiger partial charge on any atom is 0.243 e.